The predicted octanol–water partition coefficient (Wildman–Crippen LogP) is 5.59. The van der Waals surface area contributed by atoms with Gasteiger partial charge in [-0.1, -0.05) is 65.2 Å². The van der Waals surface area contributed by atoms with E-state index >= 15 is 0 Å². The van der Waals surface area contributed by atoms with Gasteiger partial charge >= 0.3 is 0 Å². The average molecular weight is 309 g/mol. The van der Waals surface area contributed by atoms with Gasteiger partial charge in [-0.2, -0.15) is 5.10 Å². The fourth-order valence-electron chi connectivity index (χ4n) is 3.26. The van der Waals surface area contributed by atoms with E-state index in [-0.39, 0.29) is 5.91 Å². The number of amides is 1. The van der Waals surface area contributed by atoms with Crippen LogP contribution < -0.4 is 5.43 Å². The normalized spacial score (nSPS) is 18.3. The highest BCUT2D eigenvalue weighted by molar-refractivity contribution is 5.86. The third kappa shape index (κ3) is 9.22. The van der Waals surface area contributed by atoms with Crippen molar-refractivity contribution in [2.24, 2.45) is 11.0 Å². The minimum atomic E-state index is 0.0942. The van der Waals surface area contributed by atoms with Gasteiger partial charge in [0.25, 0.3) is 0 Å². The van der Waals surface area contributed by atoms with Gasteiger partial charge in [-0.05, 0) is 38.0 Å². The maximum Gasteiger partial charge on any atom is 0.240 e. The zero-order chi connectivity index (χ0) is 16.0. The molecular weight excluding hydrogens is 272 g/mol. The van der Waals surface area contributed by atoms with E-state index < -0.39 is 0 Å². The molecule has 1 saturated carbocycles. The summed E-state index contributed by atoms with van der Waals surface area (Å²) in [6.07, 6.45) is 16.6. The smallest absolute Gasteiger partial charge is 0.240 e. The van der Waals surface area contributed by atoms with Gasteiger partial charge in [0.2, 0.25) is 5.91 Å². The summed E-state index contributed by atoms with van der Waals surface area (Å²) in [6.45, 7) is 4.50. The summed E-state index contributed by atoms with van der Waals surface area (Å²) in [7, 11) is 0. The van der Waals surface area contributed by atoms with E-state index in [9.17, 15) is 4.79 Å². The maximum absolute atomic E-state index is 11.8. The Bertz CT molecular complexity index is 315. The van der Waals surface area contributed by atoms with Gasteiger partial charge in [-0.3, -0.25) is 4.79 Å². The summed E-state index contributed by atoms with van der Waals surface area (Å²) in [5, 5.41) is 4.33. The Morgan fingerprint density at radius 1 is 1.00 bits per heavy atom. The molecule has 0 aromatic heterocycles. The molecule has 22 heavy (non-hydrogen) atoms. The Labute approximate surface area is 137 Å². The Morgan fingerprint density at radius 3 is 2.27 bits per heavy atom. The molecule has 0 atom stereocenters. The molecule has 128 valence electrons. The standard InChI is InChI=1S/C19H36N2O/c1-3-5-6-7-8-9-10-12-19(22)21-20-18-15-13-17(11-4-2)14-16-18/h17H,3-16H2,1-2H3,(H,21,22). The largest absolute Gasteiger partial charge is 0.273 e. The zero-order valence-corrected chi connectivity index (χ0v) is 14.8. The minimum absolute atomic E-state index is 0.0942. The van der Waals surface area contributed by atoms with Crippen molar-refractivity contribution in [2.75, 3.05) is 0 Å². The van der Waals surface area contributed by atoms with Crippen LogP contribution in [0.1, 0.15) is 104 Å². The lowest BCUT2D eigenvalue weighted by Gasteiger charge is -2.22. The van der Waals surface area contributed by atoms with Gasteiger partial charge in [0.1, 0.15) is 0 Å². The van der Waals surface area contributed by atoms with Crippen LogP contribution in [0.4, 0.5) is 0 Å². The van der Waals surface area contributed by atoms with Crippen LogP contribution in [0.3, 0.4) is 0 Å². The van der Waals surface area contributed by atoms with Gasteiger partial charge in [0.15, 0.2) is 0 Å². The van der Waals surface area contributed by atoms with Gasteiger partial charge in [0, 0.05) is 12.1 Å². The molecule has 1 rings (SSSR count). The van der Waals surface area contributed by atoms with Crippen LogP contribution >= 0.6 is 0 Å². The van der Waals surface area contributed by atoms with Crippen molar-refractivity contribution < 1.29 is 4.79 Å². The second-order valence-corrected chi connectivity index (χ2v) is 6.82. The van der Waals surface area contributed by atoms with E-state index in [1.807, 2.05) is 0 Å². The SMILES string of the molecule is CCCCCCCCCC(=O)NN=C1CCC(CCC)CC1. The fourth-order valence-corrected chi connectivity index (χ4v) is 3.26. The molecule has 0 heterocycles. The molecule has 0 aliphatic heterocycles. The molecule has 3 heteroatoms. The molecule has 1 amide bonds. The lowest BCUT2D eigenvalue weighted by molar-refractivity contribution is -0.121. The maximum atomic E-state index is 11.8. The topological polar surface area (TPSA) is 41.5 Å². The lowest BCUT2D eigenvalue weighted by Crippen LogP contribution is -2.22. The summed E-state index contributed by atoms with van der Waals surface area (Å²) < 4.78 is 0. The Hall–Kier alpha value is -0.860. The molecule has 1 fully saturated rings. The quantitative estimate of drug-likeness (QED) is 0.392. The molecule has 1 aliphatic carbocycles. The molecule has 1 N–H and O–H groups in total. The van der Waals surface area contributed by atoms with Crippen LogP contribution in [0.15, 0.2) is 5.10 Å². The number of unbranched alkanes of at least 4 members (excludes halogenated alkanes) is 6. The first-order valence-electron chi connectivity index (χ1n) is 9.60. The van der Waals surface area contributed by atoms with Crippen molar-refractivity contribution in [3.8, 4) is 0 Å². The lowest BCUT2D eigenvalue weighted by atomic mass is 9.85. The molecule has 0 saturated heterocycles. The Morgan fingerprint density at radius 2 is 1.64 bits per heavy atom. The van der Waals surface area contributed by atoms with E-state index in [0.29, 0.717) is 6.42 Å². The highest BCUT2D eigenvalue weighted by Crippen LogP contribution is 2.25. The number of carbonyl (C=O) groups excluding carboxylic acids is 1. The van der Waals surface area contributed by atoms with Crippen molar-refractivity contribution in [1.29, 1.82) is 0 Å². The monoisotopic (exact) mass is 308 g/mol. The van der Waals surface area contributed by atoms with Crippen molar-refractivity contribution in [3.63, 3.8) is 0 Å². The number of hydrazone groups is 1. The molecule has 3 nitrogen and oxygen atoms in total. The zero-order valence-electron chi connectivity index (χ0n) is 14.8. The van der Waals surface area contributed by atoms with Crippen LogP contribution in [-0.2, 0) is 4.79 Å². The number of hydrogen-bond donors (Lipinski definition) is 1. The number of rotatable bonds is 11. The van der Waals surface area contributed by atoms with Crippen LogP contribution in [0, 0.1) is 5.92 Å². The van der Waals surface area contributed by atoms with E-state index in [1.165, 1.54) is 69.9 Å². The van der Waals surface area contributed by atoms with Crippen molar-refractivity contribution in [2.45, 2.75) is 104 Å². The molecule has 0 aromatic carbocycles. The molecule has 0 unspecified atom stereocenters. The van der Waals surface area contributed by atoms with Crippen molar-refractivity contribution in [1.82, 2.24) is 5.43 Å². The third-order valence-corrected chi connectivity index (χ3v) is 4.73. The molecule has 1 aliphatic rings. The average Bonchev–Trinajstić information content (AvgIpc) is 2.54. The van der Waals surface area contributed by atoms with Crippen molar-refractivity contribution in [3.05, 3.63) is 0 Å². The third-order valence-electron chi connectivity index (χ3n) is 4.73. The summed E-state index contributed by atoms with van der Waals surface area (Å²) in [6, 6.07) is 0. The van der Waals surface area contributed by atoms with Gasteiger partial charge < -0.3 is 0 Å². The van der Waals surface area contributed by atoms with Gasteiger partial charge in [-0.25, -0.2) is 5.43 Å². The highest BCUT2D eigenvalue weighted by atomic mass is 16.2. The van der Waals surface area contributed by atoms with Gasteiger partial charge in [0.05, 0.1) is 0 Å². The number of nitrogens with one attached hydrogen (secondary N) is 1. The first kappa shape index (κ1) is 19.2. The molecule has 0 bridgehead atoms. The van der Waals surface area contributed by atoms with E-state index in [0.717, 1.165) is 25.2 Å². The van der Waals surface area contributed by atoms with E-state index in [4.69, 9.17) is 0 Å². The molecule has 0 radical (unpaired) electrons. The second kappa shape index (κ2) is 12.7. The summed E-state index contributed by atoms with van der Waals surface area (Å²) in [4.78, 5) is 11.8. The number of nitrogens with zero attached hydrogens (tertiary/aromatic N) is 1. The first-order valence-corrected chi connectivity index (χ1v) is 9.60. The van der Waals surface area contributed by atoms with Crippen LogP contribution in [-0.4, -0.2) is 11.6 Å². The first-order chi connectivity index (χ1) is 10.8. The van der Waals surface area contributed by atoms with Crippen LogP contribution in [0.5, 0.6) is 0 Å². The Kier molecular flexibility index (Phi) is 11.0. The molecular formula is C19H36N2O. The van der Waals surface area contributed by atoms with E-state index in [1.54, 1.807) is 0 Å². The summed E-state index contributed by atoms with van der Waals surface area (Å²) >= 11 is 0. The predicted molar refractivity (Wildman–Crippen MR) is 95.1 cm³/mol. The molecule has 0 spiro atoms. The highest BCUT2D eigenvalue weighted by Gasteiger charge is 2.16. The summed E-state index contributed by atoms with van der Waals surface area (Å²) in [5.41, 5.74) is 3.95. The van der Waals surface area contributed by atoms with Crippen LogP contribution in [0.2, 0.25) is 0 Å². The van der Waals surface area contributed by atoms with Crippen molar-refractivity contribution >= 4 is 11.6 Å². The number of hydrogen-bond acceptors (Lipinski definition) is 2. The summed E-state index contributed by atoms with van der Waals surface area (Å²) in [5.74, 6) is 0.976. The molecule has 0 aromatic rings. The van der Waals surface area contributed by atoms with E-state index in [2.05, 4.69) is 24.4 Å². The number of carbonyl (C=O) groups is 1. The second-order valence-electron chi connectivity index (χ2n) is 6.82. The van der Waals surface area contributed by atoms with Gasteiger partial charge in [-0.15, -0.1) is 0 Å². The fraction of sp³-hybridized carbons (Fsp3) is 0.895. The minimum Gasteiger partial charge on any atom is -0.273 e. The van der Waals surface area contributed by atoms with Crippen LogP contribution in [0.25, 0.3) is 0 Å². The Balaban J connectivity index is 2.02.